The molecule has 1 aromatic carbocycles. The number of benzene rings is 1. The first-order valence-electron chi connectivity index (χ1n) is 11.6. The van der Waals surface area contributed by atoms with Gasteiger partial charge in [-0.2, -0.15) is 0 Å². The highest BCUT2D eigenvalue weighted by Crippen LogP contribution is 2.31. The first kappa shape index (κ1) is 31.3. The van der Waals surface area contributed by atoms with Crippen LogP contribution in [0.2, 0.25) is 0 Å². The quantitative estimate of drug-likeness (QED) is 0.124. The van der Waals surface area contributed by atoms with Crippen molar-refractivity contribution in [3.63, 3.8) is 0 Å². The van der Waals surface area contributed by atoms with Crippen LogP contribution < -0.4 is 10.1 Å². The molecule has 1 amide bonds. The van der Waals surface area contributed by atoms with Gasteiger partial charge in [-0.25, -0.2) is 4.79 Å². The van der Waals surface area contributed by atoms with Crippen LogP contribution in [0.25, 0.3) is 0 Å². The number of ether oxygens (including phenoxy) is 3. The molecular weight excluding hydrogens is 492 g/mol. The lowest BCUT2D eigenvalue weighted by molar-refractivity contribution is -0.386. The number of nitrogens with zero attached hydrogens (tertiary/aromatic N) is 1. The van der Waals surface area contributed by atoms with E-state index in [1.807, 2.05) is 20.8 Å². The average molecular weight is 527 g/mol. The maximum atomic E-state index is 12.3. The molecule has 0 spiro atoms. The topological polar surface area (TPSA) is 192 Å². The monoisotopic (exact) mass is 526 g/mol. The van der Waals surface area contributed by atoms with E-state index in [-0.39, 0.29) is 55.6 Å². The van der Waals surface area contributed by atoms with Gasteiger partial charge in [0.25, 0.3) is 0 Å². The van der Waals surface area contributed by atoms with Gasteiger partial charge in [0.1, 0.15) is 6.10 Å². The Bertz CT molecular complexity index is 974. The summed E-state index contributed by atoms with van der Waals surface area (Å²) in [5, 5.41) is 32.1. The zero-order valence-electron chi connectivity index (χ0n) is 21.4. The molecule has 0 unspecified atom stereocenters. The number of amides is 1. The summed E-state index contributed by atoms with van der Waals surface area (Å²) in [6, 6.07) is 3.79. The SMILES string of the molecule is CCO[C@](C=O)(Cc1ccc(O[C@H](CCCC(=O)O)CC(=O)O)c([N+](=O)[O-])c1)NC(=O)OCC(C)(C)C. The van der Waals surface area contributed by atoms with E-state index < -0.39 is 46.9 Å². The molecule has 13 nitrogen and oxygen atoms in total. The number of carboxylic acids is 2. The summed E-state index contributed by atoms with van der Waals surface area (Å²) in [6.07, 6.45) is -2.33. The van der Waals surface area contributed by atoms with Crippen LogP contribution >= 0.6 is 0 Å². The van der Waals surface area contributed by atoms with E-state index in [0.29, 0.717) is 6.29 Å². The second kappa shape index (κ2) is 14.1. The summed E-state index contributed by atoms with van der Waals surface area (Å²) in [6.45, 7) is 7.27. The third-order valence-corrected chi connectivity index (χ3v) is 4.84. The maximum absolute atomic E-state index is 12.3. The fourth-order valence-corrected chi connectivity index (χ4v) is 3.26. The number of carbonyl (C=O) groups is 4. The number of carbonyl (C=O) groups excluding carboxylic acids is 2. The second-order valence-electron chi connectivity index (χ2n) is 9.56. The first-order chi connectivity index (χ1) is 17.2. The summed E-state index contributed by atoms with van der Waals surface area (Å²) < 4.78 is 16.2. The third-order valence-electron chi connectivity index (χ3n) is 4.84. The van der Waals surface area contributed by atoms with E-state index >= 15 is 0 Å². The lowest BCUT2D eigenvalue weighted by Gasteiger charge is -2.29. The van der Waals surface area contributed by atoms with E-state index in [2.05, 4.69) is 5.32 Å². The van der Waals surface area contributed by atoms with Gasteiger partial charge in [0.05, 0.1) is 18.0 Å². The van der Waals surface area contributed by atoms with Crippen molar-refractivity contribution in [2.75, 3.05) is 13.2 Å². The first-order valence-corrected chi connectivity index (χ1v) is 11.6. The molecule has 13 heteroatoms. The Morgan fingerprint density at radius 3 is 2.38 bits per heavy atom. The molecule has 0 aliphatic heterocycles. The van der Waals surface area contributed by atoms with Gasteiger partial charge in [0.2, 0.25) is 5.72 Å². The van der Waals surface area contributed by atoms with Crippen LogP contribution in [-0.4, -0.2) is 64.5 Å². The minimum Gasteiger partial charge on any atom is -0.483 e. The molecule has 1 aromatic rings. The van der Waals surface area contributed by atoms with Gasteiger partial charge in [0.15, 0.2) is 12.0 Å². The molecular formula is C24H34N2O11. The average Bonchev–Trinajstić information content (AvgIpc) is 2.77. The van der Waals surface area contributed by atoms with Crippen LogP contribution in [0, 0.1) is 15.5 Å². The molecule has 0 saturated heterocycles. The lowest BCUT2D eigenvalue weighted by atomic mass is 9.99. The van der Waals surface area contributed by atoms with Crippen molar-refractivity contribution in [1.82, 2.24) is 5.32 Å². The van der Waals surface area contributed by atoms with Gasteiger partial charge in [0, 0.05) is 25.5 Å². The second-order valence-corrected chi connectivity index (χ2v) is 9.56. The summed E-state index contributed by atoms with van der Waals surface area (Å²) in [4.78, 5) is 57.3. The number of nitro benzene ring substituents is 1. The molecule has 37 heavy (non-hydrogen) atoms. The van der Waals surface area contributed by atoms with Crippen LogP contribution in [0.1, 0.15) is 58.9 Å². The molecule has 0 radical (unpaired) electrons. The summed E-state index contributed by atoms with van der Waals surface area (Å²) in [5.74, 6) is -2.49. The van der Waals surface area contributed by atoms with Gasteiger partial charge in [-0.3, -0.25) is 29.8 Å². The molecule has 0 bridgehead atoms. The molecule has 0 heterocycles. The van der Waals surface area contributed by atoms with Crippen molar-refractivity contribution in [2.24, 2.45) is 5.41 Å². The fourth-order valence-electron chi connectivity index (χ4n) is 3.26. The standard InChI is InChI=1S/C24H34N2O11/c1-5-36-24(14-27,25-22(32)35-15-23(2,3)4)13-16-9-10-19(18(11-16)26(33)34)37-17(12-21(30)31)7-6-8-20(28)29/h9-11,14,17H,5-8,12-13,15H2,1-4H3,(H,25,32)(H,28,29)(H,30,31)/t17-,24+/m1/s1. The Morgan fingerprint density at radius 1 is 1.19 bits per heavy atom. The molecule has 1 rings (SSSR count). The maximum Gasteiger partial charge on any atom is 0.409 e. The van der Waals surface area contributed by atoms with Crippen molar-refractivity contribution in [3.8, 4) is 5.75 Å². The number of aliphatic carboxylic acids is 2. The van der Waals surface area contributed by atoms with E-state index in [4.69, 9.17) is 24.4 Å². The predicted molar refractivity (Wildman–Crippen MR) is 129 cm³/mol. The van der Waals surface area contributed by atoms with E-state index in [9.17, 15) is 29.3 Å². The number of nitro groups is 1. The third kappa shape index (κ3) is 11.7. The Kier molecular flexibility index (Phi) is 11.9. The highest BCUT2D eigenvalue weighted by molar-refractivity contribution is 5.75. The van der Waals surface area contributed by atoms with Gasteiger partial charge < -0.3 is 24.4 Å². The van der Waals surface area contributed by atoms with Crippen molar-refractivity contribution >= 4 is 30.0 Å². The zero-order valence-corrected chi connectivity index (χ0v) is 21.4. The Hall–Kier alpha value is -3.74. The Morgan fingerprint density at radius 2 is 1.86 bits per heavy atom. The number of nitrogens with one attached hydrogen (secondary N) is 1. The van der Waals surface area contributed by atoms with E-state index in [1.165, 1.54) is 12.1 Å². The fraction of sp³-hybridized carbons (Fsp3) is 0.583. The largest absolute Gasteiger partial charge is 0.483 e. The summed E-state index contributed by atoms with van der Waals surface area (Å²) in [5.41, 5.74) is -2.44. The van der Waals surface area contributed by atoms with E-state index in [0.717, 1.165) is 6.07 Å². The van der Waals surface area contributed by atoms with Crippen LogP contribution in [0.5, 0.6) is 5.75 Å². The molecule has 0 aliphatic rings. The summed E-state index contributed by atoms with van der Waals surface area (Å²) >= 11 is 0. The van der Waals surface area contributed by atoms with Gasteiger partial charge in [-0.1, -0.05) is 26.8 Å². The van der Waals surface area contributed by atoms with Crippen molar-refractivity contribution in [2.45, 2.75) is 71.6 Å². The van der Waals surface area contributed by atoms with Crippen LogP contribution in [0.15, 0.2) is 18.2 Å². The Balaban J connectivity index is 3.17. The van der Waals surface area contributed by atoms with E-state index in [1.54, 1.807) is 6.92 Å². The van der Waals surface area contributed by atoms with Crippen molar-refractivity contribution in [3.05, 3.63) is 33.9 Å². The number of alkyl carbamates (subject to hydrolysis) is 1. The van der Waals surface area contributed by atoms with Gasteiger partial charge >= 0.3 is 23.7 Å². The number of aldehydes is 1. The van der Waals surface area contributed by atoms with Crippen molar-refractivity contribution < 1.29 is 48.5 Å². The molecule has 206 valence electrons. The molecule has 0 saturated carbocycles. The lowest BCUT2D eigenvalue weighted by Crippen LogP contribution is -2.54. The van der Waals surface area contributed by atoms with Crippen LogP contribution in [0.4, 0.5) is 10.5 Å². The molecule has 2 atom stereocenters. The predicted octanol–water partition coefficient (Wildman–Crippen LogP) is 3.32. The minimum atomic E-state index is -1.86. The smallest absolute Gasteiger partial charge is 0.409 e. The summed E-state index contributed by atoms with van der Waals surface area (Å²) in [7, 11) is 0. The van der Waals surface area contributed by atoms with Crippen LogP contribution in [0.3, 0.4) is 0 Å². The van der Waals surface area contributed by atoms with Crippen molar-refractivity contribution in [1.29, 1.82) is 0 Å². The number of rotatable bonds is 16. The Labute approximate surface area is 214 Å². The molecule has 0 aromatic heterocycles. The number of carboxylic acid groups (broad SMARTS) is 2. The minimum absolute atomic E-state index is 0.0365. The molecule has 0 aliphatic carbocycles. The molecule has 3 N–H and O–H groups in total. The highest BCUT2D eigenvalue weighted by Gasteiger charge is 2.35. The van der Waals surface area contributed by atoms with Gasteiger partial charge in [-0.05, 0) is 36.8 Å². The zero-order chi connectivity index (χ0) is 28.2. The highest BCUT2D eigenvalue weighted by atomic mass is 16.6. The number of hydrogen-bond donors (Lipinski definition) is 3. The van der Waals surface area contributed by atoms with Gasteiger partial charge in [-0.15, -0.1) is 0 Å². The van der Waals surface area contributed by atoms with Crippen LogP contribution in [-0.2, 0) is 30.3 Å². The normalized spacial score (nSPS) is 13.6. The molecule has 0 fully saturated rings. The number of hydrogen-bond acceptors (Lipinski definition) is 9.